The number of methoxy groups -OCH3 is 1. The van der Waals surface area contributed by atoms with Gasteiger partial charge in [0.1, 0.15) is 17.7 Å². The zero-order valence-corrected chi connectivity index (χ0v) is 21.4. The number of guanidine groups is 1. The molecule has 1 atom stereocenters. The van der Waals surface area contributed by atoms with E-state index in [1.54, 1.807) is 19.2 Å². The van der Waals surface area contributed by atoms with E-state index < -0.39 is 0 Å². The molecule has 1 aromatic carbocycles. The topological polar surface area (TPSA) is 72.7 Å². The molecule has 2 aromatic rings. The van der Waals surface area contributed by atoms with E-state index in [0.717, 1.165) is 36.5 Å². The molecule has 0 radical (unpaired) electrons. The lowest BCUT2D eigenvalue weighted by atomic mass is 10.2. The van der Waals surface area contributed by atoms with Gasteiger partial charge in [-0.25, -0.2) is 9.38 Å². The summed E-state index contributed by atoms with van der Waals surface area (Å²) in [6.45, 7) is 11.3. The van der Waals surface area contributed by atoms with Crippen molar-refractivity contribution < 1.29 is 13.9 Å². The highest BCUT2D eigenvalue weighted by Crippen LogP contribution is 2.15. The van der Waals surface area contributed by atoms with E-state index in [0.29, 0.717) is 31.4 Å². The Morgan fingerprint density at radius 1 is 1.26 bits per heavy atom. The maximum absolute atomic E-state index is 13.4. The smallest absolute Gasteiger partial charge is 0.191 e. The van der Waals surface area contributed by atoms with Crippen LogP contribution in [0, 0.1) is 19.7 Å². The van der Waals surface area contributed by atoms with Crippen molar-refractivity contribution in [3.63, 3.8) is 0 Å². The van der Waals surface area contributed by atoms with Gasteiger partial charge in [0.2, 0.25) is 0 Å². The van der Waals surface area contributed by atoms with E-state index in [2.05, 4.69) is 22.7 Å². The van der Waals surface area contributed by atoms with E-state index in [9.17, 15) is 4.39 Å². The van der Waals surface area contributed by atoms with E-state index in [1.165, 1.54) is 12.1 Å². The fourth-order valence-electron chi connectivity index (χ4n) is 3.07. The third-order valence-electron chi connectivity index (χ3n) is 4.83. The number of aryl methyl sites for hydroxylation is 1. The van der Waals surface area contributed by atoms with Crippen molar-refractivity contribution in [2.75, 3.05) is 26.8 Å². The third kappa shape index (κ3) is 8.64. The van der Waals surface area contributed by atoms with Gasteiger partial charge in [-0.1, -0.05) is 13.0 Å². The molecule has 1 heterocycles. The van der Waals surface area contributed by atoms with Crippen LogP contribution >= 0.6 is 24.0 Å². The van der Waals surface area contributed by atoms with Crippen LogP contribution in [0.2, 0.25) is 0 Å². The molecular formula is C22H35FIN5O2. The predicted molar refractivity (Wildman–Crippen MR) is 133 cm³/mol. The summed E-state index contributed by atoms with van der Waals surface area (Å²) < 4.78 is 26.4. The Labute approximate surface area is 201 Å². The van der Waals surface area contributed by atoms with Crippen LogP contribution in [0.15, 0.2) is 29.3 Å². The van der Waals surface area contributed by atoms with Gasteiger partial charge in [-0.2, -0.15) is 5.10 Å². The molecule has 0 fully saturated rings. The fraction of sp³-hybridized carbons (Fsp3) is 0.545. The van der Waals surface area contributed by atoms with Gasteiger partial charge in [0.05, 0.1) is 31.9 Å². The van der Waals surface area contributed by atoms with Gasteiger partial charge >= 0.3 is 0 Å². The summed E-state index contributed by atoms with van der Waals surface area (Å²) in [5.74, 6) is 0.935. The highest BCUT2D eigenvalue weighted by molar-refractivity contribution is 14.0. The van der Waals surface area contributed by atoms with Crippen molar-refractivity contribution >= 4 is 29.9 Å². The predicted octanol–water partition coefficient (Wildman–Crippen LogP) is 3.82. The molecule has 0 saturated heterocycles. The molecule has 1 aromatic heterocycles. The number of benzene rings is 1. The first-order chi connectivity index (χ1) is 14.5. The zero-order valence-electron chi connectivity index (χ0n) is 19.1. The largest absolute Gasteiger partial charge is 0.489 e. The first-order valence-electron chi connectivity index (χ1n) is 10.4. The first-order valence-corrected chi connectivity index (χ1v) is 10.4. The Bertz CT molecular complexity index is 828. The molecule has 174 valence electrons. The molecule has 0 saturated carbocycles. The Hall–Kier alpha value is -1.88. The van der Waals surface area contributed by atoms with Gasteiger partial charge in [0.15, 0.2) is 5.96 Å². The molecule has 2 rings (SSSR count). The minimum atomic E-state index is -0.304. The number of rotatable bonds is 11. The maximum Gasteiger partial charge on any atom is 0.191 e. The summed E-state index contributed by atoms with van der Waals surface area (Å²) in [6, 6.07) is 6.21. The van der Waals surface area contributed by atoms with Crippen molar-refractivity contribution in [1.82, 2.24) is 20.4 Å². The van der Waals surface area contributed by atoms with Gasteiger partial charge in [-0.3, -0.25) is 4.68 Å². The Morgan fingerprint density at radius 3 is 2.68 bits per heavy atom. The van der Waals surface area contributed by atoms with Crippen molar-refractivity contribution in [3.8, 4) is 5.75 Å². The van der Waals surface area contributed by atoms with Crippen LogP contribution in [-0.2, 0) is 17.8 Å². The lowest BCUT2D eigenvalue weighted by Crippen LogP contribution is -2.42. The van der Waals surface area contributed by atoms with Crippen LogP contribution < -0.4 is 15.4 Å². The summed E-state index contributed by atoms with van der Waals surface area (Å²) in [7, 11) is 1.69. The monoisotopic (exact) mass is 547 g/mol. The van der Waals surface area contributed by atoms with Crippen molar-refractivity contribution in [2.45, 2.75) is 53.3 Å². The zero-order chi connectivity index (χ0) is 21.9. The van der Waals surface area contributed by atoms with Crippen LogP contribution in [-0.4, -0.2) is 48.7 Å². The Kier molecular flexibility index (Phi) is 12.5. The van der Waals surface area contributed by atoms with Crippen LogP contribution in [0.1, 0.15) is 37.2 Å². The van der Waals surface area contributed by atoms with Gasteiger partial charge in [0, 0.05) is 31.0 Å². The van der Waals surface area contributed by atoms with Crippen LogP contribution in [0.4, 0.5) is 4.39 Å². The molecule has 0 bridgehead atoms. The molecule has 2 N–H and O–H groups in total. The minimum absolute atomic E-state index is 0. The molecule has 0 spiro atoms. The number of hydrogen-bond donors (Lipinski definition) is 2. The molecule has 31 heavy (non-hydrogen) atoms. The lowest BCUT2D eigenvalue weighted by molar-refractivity contribution is 0.182. The summed E-state index contributed by atoms with van der Waals surface area (Å²) in [5.41, 5.74) is 3.19. The quantitative estimate of drug-likeness (QED) is 0.254. The van der Waals surface area contributed by atoms with Gasteiger partial charge in [-0.05, 0) is 39.3 Å². The number of nitrogens with one attached hydrogen (secondary N) is 2. The summed E-state index contributed by atoms with van der Waals surface area (Å²) >= 11 is 0. The van der Waals surface area contributed by atoms with E-state index >= 15 is 0 Å². The first kappa shape index (κ1) is 27.2. The lowest BCUT2D eigenvalue weighted by Gasteiger charge is -2.20. The van der Waals surface area contributed by atoms with Crippen molar-refractivity contribution in [2.24, 2.45) is 4.99 Å². The number of halogens is 2. The molecule has 1 unspecified atom stereocenters. The van der Waals surface area contributed by atoms with E-state index in [-0.39, 0.29) is 35.9 Å². The standard InChI is InChI=1S/C22H34FN5O2.HI/c1-6-19(30-20-10-8-9-18(23)13-20)14-25-22(24-7-2)26-15-21-16(3)27-28(17(21)4)11-12-29-5;/h8-10,13,19H,6-7,11-12,14-15H2,1-5H3,(H2,24,25,26);1H. The number of aromatic nitrogens is 2. The Morgan fingerprint density at radius 2 is 2.03 bits per heavy atom. The van der Waals surface area contributed by atoms with Crippen molar-refractivity contribution in [3.05, 3.63) is 47.0 Å². The van der Waals surface area contributed by atoms with Gasteiger partial charge < -0.3 is 20.1 Å². The molecular weight excluding hydrogens is 512 g/mol. The molecule has 0 amide bonds. The Balaban J connectivity index is 0.00000480. The van der Waals surface area contributed by atoms with Gasteiger partial charge in [0.25, 0.3) is 0 Å². The van der Waals surface area contributed by atoms with Crippen LogP contribution in [0.25, 0.3) is 0 Å². The average Bonchev–Trinajstić information content (AvgIpc) is 3.00. The molecule has 0 aliphatic carbocycles. The van der Waals surface area contributed by atoms with E-state index in [1.807, 2.05) is 25.5 Å². The second-order valence-corrected chi connectivity index (χ2v) is 7.05. The molecule has 7 nitrogen and oxygen atoms in total. The molecule has 0 aliphatic rings. The number of aliphatic imine (C=N–C) groups is 1. The maximum atomic E-state index is 13.4. The number of nitrogens with zero attached hydrogens (tertiary/aromatic N) is 3. The van der Waals surface area contributed by atoms with Crippen LogP contribution in [0.5, 0.6) is 5.75 Å². The molecule has 0 aliphatic heterocycles. The van der Waals surface area contributed by atoms with Crippen LogP contribution in [0.3, 0.4) is 0 Å². The SMILES string of the molecule is CCNC(=NCc1c(C)nn(CCOC)c1C)NCC(CC)Oc1cccc(F)c1.I. The second kappa shape index (κ2) is 14.2. The molecule has 9 heteroatoms. The summed E-state index contributed by atoms with van der Waals surface area (Å²) in [6.07, 6.45) is 0.684. The van der Waals surface area contributed by atoms with E-state index in [4.69, 9.17) is 14.5 Å². The van der Waals surface area contributed by atoms with Crippen molar-refractivity contribution in [1.29, 1.82) is 0 Å². The highest BCUT2D eigenvalue weighted by Gasteiger charge is 2.13. The number of hydrogen-bond acceptors (Lipinski definition) is 4. The highest BCUT2D eigenvalue weighted by atomic mass is 127. The third-order valence-corrected chi connectivity index (χ3v) is 4.83. The average molecular weight is 547 g/mol. The summed E-state index contributed by atoms with van der Waals surface area (Å²) in [5, 5.41) is 11.2. The van der Waals surface area contributed by atoms with Gasteiger partial charge in [-0.15, -0.1) is 24.0 Å². The second-order valence-electron chi connectivity index (χ2n) is 7.05. The normalized spacial score (nSPS) is 12.3. The fourth-order valence-corrected chi connectivity index (χ4v) is 3.07. The summed E-state index contributed by atoms with van der Waals surface area (Å²) in [4.78, 5) is 4.72. The number of ether oxygens (including phenoxy) is 2. The minimum Gasteiger partial charge on any atom is -0.489 e.